The van der Waals surface area contributed by atoms with Gasteiger partial charge in [-0.2, -0.15) is 5.10 Å². The van der Waals surface area contributed by atoms with E-state index in [1.807, 2.05) is 43.3 Å². The fourth-order valence-corrected chi connectivity index (χ4v) is 6.03. The minimum Gasteiger partial charge on any atom is -0.493 e. The van der Waals surface area contributed by atoms with Crippen molar-refractivity contribution in [2.45, 2.75) is 46.1 Å². The standard InChI is InChI=1S/C27H28N4O3S/c1-4-34-22-12-10-18-7-5-6-8-19(18)21(22)14-29-30-25(32)17(3)31-15-28-26-24(27(31)33)20-11-9-16(2)13-23(20)35-26/h5-8,10,12,14-17H,4,9,11,13H2,1-3H3,(H,30,32)/b29-14-/t16-,17-/m1/s1. The molecule has 0 unspecified atom stereocenters. The lowest BCUT2D eigenvalue weighted by atomic mass is 9.89. The molecule has 180 valence electrons. The lowest BCUT2D eigenvalue weighted by Gasteiger charge is -2.18. The van der Waals surface area contributed by atoms with Gasteiger partial charge in [0.2, 0.25) is 0 Å². The van der Waals surface area contributed by atoms with Crippen LogP contribution < -0.4 is 15.7 Å². The van der Waals surface area contributed by atoms with Crippen LogP contribution >= 0.6 is 11.3 Å². The van der Waals surface area contributed by atoms with Gasteiger partial charge in [0.25, 0.3) is 11.5 Å². The minimum absolute atomic E-state index is 0.165. The fraction of sp³-hybridized carbons (Fsp3) is 0.333. The van der Waals surface area contributed by atoms with Crippen LogP contribution in [0.3, 0.4) is 0 Å². The first kappa shape index (κ1) is 23.2. The molecule has 1 aliphatic rings. The number of hydrogen-bond donors (Lipinski definition) is 1. The van der Waals surface area contributed by atoms with Gasteiger partial charge in [-0.3, -0.25) is 14.2 Å². The van der Waals surface area contributed by atoms with Gasteiger partial charge in [0.15, 0.2) is 0 Å². The van der Waals surface area contributed by atoms with E-state index < -0.39 is 6.04 Å². The summed E-state index contributed by atoms with van der Waals surface area (Å²) >= 11 is 1.60. The number of aromatic nitrogens is 2. The lowest BCUT2D eigenvalue weighted by molar-refractivity contribution is -0.123. The highest BCUT2D eigenvalue weighted by Crippen LogP contribution is 2.35. The van der Waals surface area contributed by atoms with Gasteiger partial charge in [-0.15, -0.1) is 11.3 Å². The Morgan fingerprint density at radius 3 is 3.00 bits per heavy atom. The molecule has 0 aliphatic heterocycles. The van der Waals surface area contributed by atoms with Crippen LogP contribution in [-0.4, -0.2) is 28.3 Å². The molecule has 4 aromatic rings. The van der Waals surface area contributed by atoms with Crippen LogP contribution in [-0.2, 0) is 17.6 Å². The molecule has 7 nitrogen and oxygen atoms in total. The summed E-state index contributed by atoms with van der Waals surface area (Å²) in [5.41, 5.74) is 4.33. The average molecular weight is 489 g/mol. The predicted molar refractivity (Wildman–Crippen MR) is 141 cm³/mol. The van der Waals surface area contributed by atoms with Gasteiger partial charge in [0, 0.05) is 10.4 Å². The molecule has 5 rings (SSSR count). The van der Waals surface area contributed by atoms with Crippen molar-refractivity contribution in [1.29, 1.82) is 0 Å². The molecule has 1 amide bonds. The number of benzene rings is 2. The number of rotatable bonds is 6. The third kappa shape index (κ3) is 4.34. The van der Waals surface area contributed by atoms with Crippen LogP contribution in [0.4, 0.5) is 0 Å². The smallest absolute Gasteiger partial charge is 0.263 e. The van der Waals surface area contributed by atoms with Crippen molar-refractivity contribution >= 4 is 44.4 Å². The van der Waals surface area contributed by atoms with E-state index in [0.29, 0.717) is 23.7 Å². The summed E-state index contributed by atoms with van der Waals surface area (Å²) in [6, 6.07) is 11.1. The van der Waals surface area contributed by atoms with E-state index in [4.69, 9.17) is 4.74 Å². The van der Waals surface area contributed by atoms with E-state index in [9.17, 15) is 9.59 Å². The third-order valence-corrected chi connectivity index (χ3v) is 7.80. The van der Waals surface area contributed by atoms with Crippen molar-refractivity contribution < 1.29 is 9.53 Å². The van der Waals surface area contributed by atoms with Crippen molar-refractivity contribution in [2.75, 3.05) is 6.61 Å². The summed E-state index contributed by atoms with van der Waals surface area (Å²) in [7, 11) is 0. The van der Waals surface area contributed by atoms with Gasteiger partial charge in [-0.1, -0.05) is 37.3 Å². The molecule has 0 saturated carbocycles. The van der Waals surface area contributed by atoms with Gasteiger partial charge in [0.05, 0.1) is 24.5 Å². The van der Waals surface area contributed by atoms with Gasteiger partial charge in [-0.25, -0.2) is 10.4 Å². The number of thiophene rings is 1. The summed E-state index contributed by atoms with van der Waals surface area (Å²) in [5.74, 6) is 0.922. The second-order valence-corrected chi connectivity index (χ2v) is 10.1. The number of ether oxygens (including phenoxy) is 1. The van der Waals surface area contributed by atoms with Crippen LogP contribution in [0.2, 0.25) is 0 Å². The van der Waals surface area contributed by atoms with Crippen molar-refractivity contribution in [1.82, 2.24) is 15.0 Å². The monoisotopic (exact) mass is 488 g/mol. The Morgan fingerprint density at radius 1 is 1.34 bits per heavy atom. The highest BCUT2D eigenvalue weighted by atomic mass is 32.1. The van der Waals surface area contributed by atoms with E-state index >= 15 is 0 Å². The maximum Gasteiger partial charge on any atom is 0.263 e. The molecule has 0 saturated heterocycles. The van der Waals surface area contributed by atoms with E-state index in [1.165, 1.54) is 15.8 Å². The molecular weight excluding hydrogens is 460 g/mol. The molecule has 2 aromatic carbocycles. The molecule has 1 N–H and O–H groups in total. The Labute approximate surface area is 207 Å². The van der Waals surface area contributed by atoms with E-state index in [2.05, 4.69) is 22.4 Å². The number of carbonyl (C=O) groups excluding carboxylic acids is 1. The third-order valence-electron chi connectivity index (χ3n) is 6.64. The van der Waals surface area contributed by atoms with Crippen LogP contribution in [0.15, 0.2) is 52.6 Å². The van der Waals surface area contributed by atoms with Crippen LogP contribution in [0.25, 0.3) is 21.0 Å². The Balaban J connectivity index is 1.40. The number of aryl methyl sites for hydroxylation is 1. The second kappa shape index (κ2) is 9.62. The van der Waals surface area contributed by atoms with Crippen LogP contribution in [0.1, 0.15) is 49.2 Å². The topological polar surface area (TPSA) is 85.6 Å². The first-order chi connectivity index (χ1) is 17.0. The number of hydrazone groups is 1. The number of nitrogens with one attached hydrogen (secondary N) is 1. The van der Waals surface area contributed by atoms with Gasteiger partial charge in [-0.05, 0) is 61.4 Å². The molecule has 8 heteroatoms. The molecular formula is C27H28N4O3S. The quantitative estimate of drug-likeness (QED) is 0.311. The number of amides is 1. The van der Waals surface area contributed by atoms with E-state index in [-0.39, 0.29) is 11.5 Å². The fourth-order valence-electron chi connectivity index (χ4n) is 4.69. The number of carbonyl (C=O) groups is 1. The Kier molecular flexibility index (Phi) is 6.38. The largest absolute Gasteiger partial charge is 0.493 e. The summed E-state index contributed by atoms with van der Waals surface area (Å²) < 4.78 is 7.17. The van der Waals surface area contributed by atoms with Crippen LogP contribution in [0, 0.1) is 5.92 Å². The molecule has 1 aliphatic carbocycles. The maximum absolute atomic E-state index is 13.3. The van der Waals surface area contributed by atoms with Gasteiger partial charge in [0.1, 0.15) is 16.6 Å². The molecule has 0 radical (unpaired) electrons. The first-order valence-corrected chi connectivity index (χ1v) is 12.8. The van der Waals surface area contributed by atoms with Crippen molar-refractivity contribution in [3.05, 3.63) is 69.1 Å². The van der Waals surface area contributed by atoms with E-state index in [0.717, 1.165) is 46.0 Å². The van der Waals surface area contributed by atoms with Crippen molar-refractivity contribution in [3.8, 4) is 5.75 Å². The molecule has 2 atom stereocenters. The Hall–Kier alpha value is -3.52. The maximum atomic E-state index is 13.3. The lowest BCUT2D eigenvalue weighted by Crippen LogP contribution is -2.34. The average Bonchev–Trinajstić information content (AvgIpc) is 3.23. The molecule has 0 bridgehead atoms. The Morgan fingerprint density at radius 2 is 2.17 bits per heavy atom. The van der Waals surface area contributed by atoms with Crippen molar-refractivity contribution in [3.63, 3.8) is 0 Å². The van der Waals surface area contributed by atoms with Crippen molar-refractivity contribution in [2.24, 2.45) is 11.0 Å². The minimum atomic E-state index is -0.756. The number of nitrogens with zero attached hydrogens (tertiary/aromatic N) is 3. The molecule has 0 spiro atoms. The molecule has 0 fully saturated rings. The van der Waals surface area contributed by atoms with Crippen LogP contribution in [0.5, 0.6) is 5.75 Å². The number of fused-ring (bicyclic) bond motifs is 4. The zero-order valence-corrected chi connectivity index (χ0v) is 20.9. The normalized spacial score (nSPS) is 16.5. The molecule has 35 heavy (non-hydrogen) atoms. The SMILES string of the molecule is CCOc1ccc2ccccc2c1/C=N\NC(=O)[C@@H](C)n1cnc2sc3c(c2c1=O)CC[C@@H](C)C3. The van der Waals surface area contributed by atoms with Gasteiger partial charge < -0.3 is 4.74 Å². The first-order valence-electron chi connectivity index (χ1n) is 12.0. The summed E-state index contributed by atoms with van der Waals surface area (Å²) in [4.78, 5) is 32.8. The zero-order chi connectivity index (χ0) is 24.5. The highest BCUT2D eigenvalue weighted by molar-refractivity contribution is 7.18. The summed E-state index contributed by atoms with van der Waals surface area (Å²) in [6.07, 6.45) is 6.00. The summed E-state index contributed by atoms with van der Waals surface area (Å²) in [5, 5.41) is 6.90. The zero-order valence-electron chi connectivity index (χ0n) is 20.1. The Bertz CT molecular complexity index is 1500. The molecule has 2 aromatic heterocycles. The highest BCUT2D eigenvalue weighted by Gasteiger charge is 2.25. The molecule has 2 heterocycles. The van der Waals surface area contributed by atoms with E-state index in [1.54, 1.807) is 24.5 Å². The summed E-state index contributed by atoms with van der Waals surface area (Å²) in [6.45, 7) is 6.37. The predicted octanol–water partition coefficient (Wildman–Crippen LogP) is 4.85. The number of hydrogen-bond acceptors (Lipinski definition) is 6. The van der Waals surface area contributed by atoms with Gasteiger partial charge >= 0.3 is 0 Å². The second-order valence-electron chi connectivity index (χ2n) is 9.03.